The molecule has 0 spiro atoms. The van der Waals surface area contributed by atoms with E-state index in [1.807, 2.05) is 0 Å². The molecule has 0 radical (unpaired) electrons. The molecule has 0 aliphatic heterocycles. The second kappa shape index (κ2) is 6.52. The zero-order chi connectivity index (χ0) is 17.3. The highest BCUT2D eigenvalue weighted by Crippen LogP contribution is 2.42. The zero-order valence-corrected chi connectivity index (χ0v) is 12.7. The SMILES string of the molecule is Cc1ccc(C(O)(CC(=O)NC2CCC(O)CC2)C(F)(F)F)o1. The number of aliphatic hydroxyl groups excluding tert-OH is 1. The largest absolute Gasteiger partial charge is 0.463 e. The Morgan fingerprint density at radius 1 is 1.30 bits per heavy atom. The Hall–Kier alpha value is -1.54. The quantitative estimate of drug-likeness (QED) is 0.787. The van der Waals surface area contributed by atoms with Crippen LogP contribution in [0.25, 0.3) is 0 Å². The van der Waals surface area contributed by atoms with Crippen molar-refractivity contribution < 1.29 is 32.6 Å². The second-order valence-electron chi connectivity index (χ2n) is 6.02. The Morgan fingerprint density at radius 3 is 2.39 bits per heavy atom. The minimum Gasteiger partial charge on any atom is -0.463 e. The minimum absolute atomic E-state index is 0.212. The molecule has 1 unspecified atom stereocenters. The van der Waals surface area contributed by atoms with E-state index < -0.39 is 36.0 Å². The summed E-state index contributed by atoms with van der Waals surface area (Å²) in [6.45, 7) is 1.45. The van der Waals surface area contributed by atoms with Crippen molar-refractivity contribution in [1.29, 1.82) is 0 Å². The monoisotopic (exact) mass is 335 g/mol. The third kappa shape index (κ3) is 4.06. The van der Waals surface area contributed by atoms with E-state index in [0.717, 1.165) is 6.07 Å². The van der Waals surface area contributed by atoms with Crippen LogP contribution in [-0.4, -0.2) is 34.4 Å². The highest BCUT2D eigenvalue weighted by molar-refractivity contribution is 5.77. The molecule has 5 nitrogen and oxygen atoms in total. The molecular weight excluding hydrogens is 315 g/mol. The van der Waals surface area contributed by atoms with Gasteiger partial charge in [0.25, 0.3) is 0 Å². The summed E-state index contributed by atoms with van der Waals surface area (Å²) in [7, 11) is 0. The van der Waals surface area contributed by atoms with E-state index in [4.69, 9.17) is 4.42 Å². The minimum atomic E-state index is -5.04. The average Bonchev–Trinajstić information content (AvgIpc) is 2.87. The summed E-state index contributed by atoms with van der Waals surface area (Å²) >= 11 is 0. The topological polar surface area (TPSA) is 82.7 Å². The zero-order valence-electron chi connectivity index (χ0n) is 12.7. The van der Waals surface area contributed by atoms with Gasteiger partial charge in [0.1, 0.15) is 11.5 Å². The molecular formula is C15H20F3NO4. The Bertz CT molecular complexity index is 549. The van der Waals surface area contributed by atoms with Gasteiger partial charge in [-0.3, -0.25) is 4.79 Å². The molecule has 0 aromatic carbocycles. The third-order valence-corrected chi connectivity index (χ3v) is 4.10. The van der Waals surface area contributed by atoms with Crippen molar-refractivity contribution in [2.45, 2.75) is 63.0 Å². The van der Waals surface area contributed by atoms with Crippen LogP contribution in [0.5, 0.6) is 0 Å². The molecule has 23 heavy (non-hydrogen) atoms. The smallest absolute Gasteiger partial charge is 0.425 e. The number of amides is 1. The maximum absolute atomic E-state index is 13.3. The molecule has 1 heterocycles. The van der Waals surface area contributed by atoms with E-state index in [-0.39, 0.29) is 11.8 Å². The standard InChI is InChI=1S/C15H20F3NO4/c1-9-2-7-12(23-9)14(22,15(16,17)18)8-13(21)19-10-3-5-11(20)6-4-10/h2,7,10-11,20,22H,3-6,8H2,1H3,(H,19,21). The lowest BCUT2D eigenvalue weighted by Gasteiger charge is -2.30. The third-order valence-electron chi connectivity index (χ3n) is 4.10. The molecule has 1 aromatic rings. The summed E-state index contributed by atoms with van der Waals surface area (Å²) in [5, 5.41) is 21.9. The molecule has 0 bridgehead atoms. The summed E-state index contributed by atoms with van der Waals surface area (Å²) < 4.78 is 44.7. The summed E-state index contributed by atoms with van der Waals surface area (Å²) in [6.07, 6.45) is -4.66. The first-order valence-corrected chi connectivity index (χ1v) is 7.45. The molecule has 1 saturated carbocycles. The van der Waals surface area contributed by atoms with Crippen molar-refractivity contribution in [2.24, 2.45) is 0 Å². The molecule has 1 atom stereocenters. The molecule has 2 rings (SSSR count). The number of furan rings is 1. The number of carbonyl (C=O) groups excluding carboxylic acids is 1. The van der Waals surface area contributed by atoms with E-state index in [2.05, 4.69) is 5.32 Å². The van der Waals surface area contributed by atoms with Gasteiger partial charge in [-0.05, 0) is 44.7 Å². The first-order chi connectivity index (χ1) is 10.6. The molecule has 0 saturated heterocycles. The van der Waals surface area contributed by atoms with Gasteiger partial charge in [-0.15, -0.1) is 0 Å². The predicted octanol–water partition coefficient (Wildman–Crippen LogP) is 2.15. The Morgan fingerprint density at radius 2 is 1.91 bits per heavy atom. The highest BCUT2D eigenvalue weighted by atomic mass is 19.4. The molecule has 1 fully saturated rings. The first kappa shape index (κ1) is 17.8. The van der Waals surface area contributed by atoms with Crippen LogP contribution in [0.15, 0.2) is 16.5 Å². The van der Waals surface area contributed by atoms with Crippen LogP contribution < -0.4 is 5.32 Å². The number of rotatable bonds is 4. The Balaban J connectivity index is 2.08. The summed E-state index contributed by atoms with van der Waals surface area (Å²) in [5.41, 5.74) is -3.36. The van der Waals surface area contributed by atoms with Crippen molar-refractivity contribution >= 4 is 5.91 Å². The van der Waals surface area contributed by atoms with Crippen LogP contribution in [0.4, 0.5) is 13.2 Å². The van der Waals surface area contributed by atoms with E-state index >= 15 is 0 Å². The molecule has 1 aliphatic carbocycles. The van der Waals surface area contributed by atoms with Crippen molar-refractivity contribution in [3.05, 3.63) is 23.7 Å². The van der Waals surface area contributed by atoms with Crippen LogP contribution in [0, 0.1) is 6.92 Å². The van der Waals surface area contributed by atoms with Crippen LogP contribution >= 0.6 is 0 Å². The van der Waals surface area contributed by atoms with Gasteiger partial charge in [0.2, 0.25) is 11.5 Å². The van der Waals surface area contributed by atoms with E-state index in [1.165, 1.54) is 13.0 Å². The lowest BCUT2D eigenvalue weighted by Crippen LogP contribution is -2.48. The van der Waals surface area contributed by atoms with Crippen molar-refractivity contribution in [2.75, 3.05) is 0 Å². The fraction of sp³-hybridized carbons (Fsp3) is 0.667. The first-order valence-electron chi connectivity index (χ1n) is 7.45. The van der Waals surface area contributed by atoms with Crippen molar-refractivity contribution in [3.8, 4) is 0 Å². The number of hydrogen-bond donors (Lipinski definition) is 3. The number of aryl methyl sites for hydroxylation is 1. The van der Waals surface area contributed by atoms with Gasteiger partial charge in [0, 0.05) is 6.04 Å². The van der Waals surface area contributed by atoms with Gasteiger partial charge in [-0.2, -0.15) is 13.2 Å². The van der Waals surface area contributed by atoms with Crippen LogP contribution in [0.3, 0.4) is 0 Å². The van der Waals surface area contributed by atoms with Crippen LogP contribution in [0.1, 0.15) is 43.6 Å². The van der Waals surface area contributed by atoms with Crippen LogP contribution in [-0.2, 0) is 10.4 Å². The molecule has 130 valence electrons. The fourth-order valence-corrected chi connectivity index (χ4v) is 2.72. The fourth-order valence-electron chi connectivity index (χ4n) is 2.72. The number of aliphatic hydroxyl groups is 2. The van der Waals surface area contributed by atoms with Gasteiger partial charge in [0.15, 0.2) is 0 Å². The number of nitrogens with one attached hydrogen (secondary N) is 1. The highest BCUT2D eigenvalue weighted by Gasteiger charge is 2.58. The molecule has 1 aliphatic rings. The van der Waals surface area contributed by atoms with Crippen LogP contribution in [0.2, 0.25) is 0 Å². The summed E-state index contributed by atoms with van der Waals surface area (Å²) in [5.74, 6) is -1.39. The number of halogens is 3. The molecule has 1 amide bonds. The van der Waals surface area contributed by atoms with Crippen molar-refractivity contribution in [3.63, 3.8) is 0 Å². The predicted molar refractivity (Wildman–Crippen MR) is 74.4 cm³/mol. The molecule has 8 heteroatoms. The number of carbonyl (C=O) groups is 1. The van der Waals surface area contributed by atoms with Gasteiger partial charge in [-0.25, -0.2) is 0 Å². The van der Waals surface area contributed by atoms with Crippen molar-refractivity contribution in [1.82, 2.24) is 5.32 Å². The Kier molecular flexibility index (Phi) is 5.05. The summed E-state index contributed by atoms with van der Waals surface area (Å²) in [4.78, 5) is 12.0. The maximum Gasteiger partial charge on any atom is 0.425 e. The number of alkyl halides is 3. The maximum atomic E-state index is 13.3. The van der Waals surface area contributed by atoms with Gasteiger partial charge < -0.3 is 19.9 Å². The normalized spacial score (nSPS) is 25.0. The second-order valence-corrected chi connectivity index (χ2v) is 6.02. The molecule has 1 aromatic heterocycles. The van der Waals surface area contributed by atoms with E-state index in [9.17, 15) is 28.2 Å². The van der Waals surface area contributed by atoms with Gasteiger partial charge in [0.05, 0.1) is 12.5 Å². The lowest BCUT2D eigenvalue weighted by molar-refractivity contribution is -0.273. The van der Waals surface area contributed by atoms with E-state index in [0.29, 0.717) is 25.7 Å². The molecule has 3 N–H and O–H groups in total. The van der Waals surface area contributed by atoms with E-state index in [1.54, 1.807) is 0 Å². The average molecular weight is 335 g/mol. The lowest BCUT2D eigenvalue weighted by atomic mass is 9.91. The Labute approximate surface area is 131 Å². The van der Waals surface area contributed by atoms with Gasteiger partial charge in [-0.1, -0.05) is 0 Å². The summed E-state index contributed by atoms with van der Waals surface area (Å²) in [6, 6.07) is 2.03. The van der Waals surface area contributed by atoms with Gasteiger partial charge >= 0.3 is 6.18 Å². The number of hydrogen-bond acceptors (Lipinski definition) is 4.